The second kappa shape index (κ2) is 5.99. The molecule has 5 nitrogen and oxygen atoms in total. The van der Waals surface area contributed by atoms with Gasteiger partial charge in [-0.25, -0.2) is 0 Å². The molecule has 2 rings (SSSR count). The first-order valence-electron chi connectivity index (χ1n) is 6.90. The van der Waals surface area contributed by atoms with Crippen molar-refractivity contribution in [3.63, 3.8) is 0 Å². The molecule has 0 aromatic carbocycles. The van der Waals surface area contributed by atoms with Crippen molar-refractivity contribution in [1.82, 2.24) is 15.1 Å². The third-order valence-corrected chi connectivity index (χ3v) is 3.99. The number of hydrogen-bond acceptors (Lipinski definition) is 4. The van der Waals surface area contributed by atoms with Gasteiger partial charge in [-0.05, 0) is 43.7 Å². The first-order chi connectivity index (χ1) is 9.11. The van der Waals surface area contributed by atoms with Crippen molar-refractivity contribution in [3.05, 3.63) is 17.8 Å². The van der Waals surface area contributed by atoms with E-state index in [9.17, 15) is 4.79 Å². The lowest BCUT2D eigenvalue weighted by Crippen LogP contribution is -2.39. The zero-order valence-electron chi connectivity index (χ0n) is 11.9. The first-order valence-corrected chi connectivity index (χ1v) is 6.90. The number of aromatic nitrogens is 2. The third-order valence-electron chi connectivity index (χ3n) is 3.99. The highest BCUT2D eigenvalue weighted by Gasteiger charge is 2.26. The standard InChI is InChI=1S/C14H22N4O/c1-10-4-6-11(7-5-10)18(3)14(19)12-8-9-13(15-2)17-16-12/h8-11H,4-7H2,1-3H3,(H,15,17). The summed E-state index contributed by atoms with van der Waals surface area (Å²) in [6.07, 6.45) is 4.58. The largest absolute Gasteiger partial charge is 0.372 e. The number of carbonyl (C=O) groups excluding carboxylic acids is 1. The smallest absolute Gasteiger partial charge is 0.274 e. The molecule has 104 valence electrons. The minimum Gasteiger partial charge on any atom is -0.372 e. The molecule has 1 aliphatic rings. The van der Waals surface area contributed by atoms with Gasteiger partial charge in [-0.2, -0.15) is 0 Å². The van der Waals surface area contributed by atoms with E-state index < -0.39 is 0 Å². The summed E-state index contributed by atoms with van der Waals surface area (Å²) in [6.45, 7) is 2.28. The van der Waals surface area contributed by atoms with Crippen molar-refractivity contribution in [3.8, 4) is 0 Å². The van der Waals surface area contributed by atoms with Gasteiger partial charge in [0.2, 0.25) is 0 Å². The van der Waals surface area contributed by atoms with Gasteiger partial charge < -0.3 is 10.2 Å². The molecule has 1 aromatic rings. The van der Waals surface area contributed by atoms with Crippen molar-refractivity contribution >= 4 is 11.7 Å². The second-order valence-corrected chi connectivity index (χ2v) is 5.38. The molecule has 1 N–H and O–H groups in total. The molecule has 1 amide bonds. The van der Waals surface area contributed by atoms with Gasteiger partial charge in [0.05, 0.1) is 0 Å². The van der Waals surface area contributed by atoms with Crippen LogP contribution in [-0.2, 0) is 0 Å². The average Bonchev–Trinajstić information content (AvgIpc) is 2.46. The quantitative estimate of drug-likeness (QED) is 0.907. The molecule has 0 aliphatic heterocycles. The van der Waals surface area contributed by atoms with Gasteiger partial charge in [0.25, 0.3) is 5.91 Å². The van der Waals surface area contributed by atoms with Crippen LogP contribution < -0.4 is 5.32 Å². The van der Waals surface area contributed by atoms with Crippen LogP contribution >= 0.6 is 0 Å². The number of hydrogen-bond donors (Lipinski definition) is 1. The summed E-state index contributed by atoms with van der Waals surface area (Å²) in [6, 6.07) is 3.84. The fourth-order valence-electron chi connectivity index (χ4n) is 2.56. The fourth-order valence-corrected chi connectivity index (χ4v) is 2.56. The minimum absolute atomic E-state index is 0.0327. The number of nitrogens with zero attached hydrogens (tertiary/aromatic N) is 3. The minimum atomic E-state index is -0.0327. The topological polar surface area (TPSA) is 58.1 Å². The molecule has 1 saturated carbocycles. The lowest BCUT2D eigenvalue weighted by atomic mass is 9.86. The van der Waals surface area contributed by atoms with Crippen LogP contribution in [0.15, 0.2) is 12.1 Å². The predicted molar refractivity (Wildman–Crippen MR) is 75.1 cm³/mol. The van der Waals surface area contributed by atoms with Gasteiger partial charge >= 0.3 is 0 Å². The highest BCUT2D eigenvalue weighted by Crippen LogP contribution is 2.27. The highest BCUT2D eigenvalue weighted by atomic mass is 16.2. The van der Waals surface area contributed by atoms with Crippen molar-refractivity contribution in [2.75, 3.05) is 19.4 Å². The molecule has 1 fully saturated rings. The Morgan fingerprint density at radius 2 is 1.95 bits per heavy atom. The Kier molecular flexibility index (Phi) is 4.35. The Morgan fingerprint density at radius 3 is 2.47 bits per heavy atom. The van der Waals surface area contributed by atoms with Crippen molar-refractivity contribution in [1.29, 1.82) is 0 Å². The van der Waals surface area contributed by atoms with Crippen LogP contribution in [0.4, 0.5) is 5.82 Å². The molecule has 1 aliphatic carbocycles. The van der Waals surface area contributed by atoms with Gasteiger partial charge in [0.15, 0.2) is 5.69 Å². The molecule has 0 atom stereocenters. The maximum Gasteiger partial charge on any atom is 0.274 e. The van der Waals surface area contributed by atoms with Crippen LogP contribution in [-0.4, -0.2) is 41.1 Å². The van der Waals surface area contributed by atoms with Crippen molar-refractivity contribution in [2.45, 2.75) is 38.6 Å². The zero-order valence-corrected chi connectivity index (χ0v) is 11.9. The average molecular weight is 262 g/mol. The Hall–Kier alpha value is -1.65. The van der Waals surface area contributed by atoms with E-state index in [0.717, 1.165) is 18.8 Å². The number of amides is 1. The van der Waals surface area contributed by atoms with E-state index in [0.29, 0.717) is 17.6 Å². The molecule has 0 unspecified atom stereocenters. The highest BCUT2D eigenvalue weighted by molar-refractivity contribution is 5.92. The Bertz CT molecular complexity index is 424. The molecule has 5 heteroatoms. The number of anilines is 1. The van der Waals surface area contributed by atoms with Crippen LogP contribution in [0.1, 0.15) is 43.1 Å². The van der Waals surface area contributed by atoms with Crippen LogP contribution in [0, 0.1) is 5.92 Å². The second-order valence-electron chi connectivity index (χ2n) is 5.38. The van der Waals surface area contributed by atoms with Crippen LogP contribution in [0.25, 0.3) is 0 Å². The lowest BCUT2D eigenvalue weighted by Gasteiger charge is -2.33. The summed E-state index contributed by atoms with van der Waals surface area (Å²) in [4.78, 5) is 14.2. The van der Waals surface area contributed by atoms with Gasteiger partial charge in [-0.3, -0.25) is 4.79 Å². The van der Waals surface area contributed by atoms with E-state index in [2.05, 4.69) is 22.4 Å². The number of nitrogens with one attached hydrogen (secondary N) is 1. The molecule has 0 bridgehead atoms. The zero-order chi connectivity index (χ0) is 13.8. The molecule has 19 heavy (non-hydrogen) atoms. The van der Waals surface area contributed by atoms with E-state index in [4.69, 9.17) is 0 Å². The Morgan fingerprint density at radius 1 is 1.26 bits per heavy atom. The van der Waals surface area contributed by atoms with Gasteiger partial charge in [0, 0.05) is 20.1 Å². The Labute approximate surface area is 114 Å². The normalized spacial score (nSPS) is 22.9. The molecule has 1 heterocycles. The monoisotopic (exact) mass is 262 g/mol. The summed E-state index contributed by atoms with van der Waals surface area (Å²) in [7, 11) is 3.65. The Balaban J connectivity index is 2.01. The number of rotatable bonds is 3. The van der Waals surface area contributed by atoms with Gasteiger partial charge in [-0.1, -0.05) is 6.92 Å². The van der Waals surface area contributed by atoms with Crippen LogP contribution in [0.2, 0.25) is 0 Å². The van der Waals surface area contributed by atoms with E-state index >= 15 is 0 Å². The van der Waals surface area contributed by atoms with Crippen molar-refractivity contribution in [2.24, 2.45) is 5.92 Å². The molecule has 0 saturated heterocycles. The van der Waals surface area contributed by atoms with Crippen molar-refractivity contribution < 1.29 is 4.79 Å². The summed E-state index contributed by atoms with van der Waals surface area (Å²) in [5.74, 6) is 1.43. The summed E-state index contributed by atoms with van der Waals surface area (Å²) < 4.78 is 0. The molecule has 0 spiro atoms. The third kappa shape index (κ3) is 3.22. The molecular formula is C14H22N4O. The first kappa shape index (κ1) is 13.8. The van der Waals surface area contributed by atoms with Crippen LogP contribution in [0.5, 0.6) is 0 Å². The lowest BCUT2D eigenvalue weighted by molar-refractivity contribution is 0.0672. The maximum absolute atomic E-state index is 12.3. The maximum atomic E-state index is 12.3. The number of carbonyl (C=O) groups is 1. The molecular weight excluding hydrogens is 240 g/mol. The predicted octanol–water partition coefficient (Wildman–Crippen LogP) is 2.17. The van der Waals surface area contributed by atoms with E-state index in [-0.39, 0.29) is 5.91 Å². The SMILES string of the molecule is CNc1ccc(C(=O)N(C)C2CCC(C)CC2)nn1. The van der Waals surface area contributed by atoms with E-state index in [1.54, 1.807) is 19.2 Å². The summed E-state index contributed by atoms with van der Waals surface area (Å²) >= 11 is 0. The van der Waals surface area contributed by atoms with E-state index in [1.807, 2.05) is 11.9 Å². The summed E-state index contributed by atoms with van der Waals surface area (Å²) in [5.41, 5.74) is 0.417. The van der Waals surface area contributed by atoms with Crippen LogP contribution in [0.3, 0.4) is 0 Å². The van der Waals surface area contributed by atoms with E-state index in [1.165, 1.54) is 12.8 Å². The van der Waals surface area contributed by atoms with Gasteiger partial charge in [-0.15, -0.1) is 10.2 Å². The van der Waals surface area contributed by atoms with Gasteiger partial charge in [0.1, 0.15) is 5.82 Å². The summed E-state index contributed by atoms with van der Waals surface area (Å²) in [5, 5.41) is 10.8. The molecule has 1 aromatic heterocycles. The molecule has 0 radical (unpaired) electrons. The fraction of sp³-hybridized carbons (Fsp3) is 0.643.